The predicted molar refractivity (Wildman–Crippen MR) is 44.9 cm³/mol. The molecule has 0 atom stereocenters. The summed E-state index contributed by atoms with van der Waals surface area (Å²) in [7, 11) is 0. The SMILES string of the molecule is C/C=C(/F)C(=O)N(CC(=O)O)C(C)=O. The second-order valence-corrected chi connectivity index (χ2v) is 2.44. The summed E-state index contributed by atoms with van der Waals surface area (Å²) in [6, 6.07) is 0. The summed E-state index contributed by atoms with van der Waals surface area (Å²) >= 11 is 0. The molecule has 0 aliphatic carbocycles. The predicted octanol–water partition coefficient (Wildman–Crippen LogP) is 0.319. The molecular weight excluding hydrogens is 193 g/mol. The van der Waals surface area contributed by atoms with Gasteiger partial charge in [-0.05, 0) is 13.0 Å². The van der Waals surface area contributed by atoms with Crippen LogP contribution in [0.5, 0.6) is 0 Å². The third kappa shape index (κ3) is 3.34. The number of carbonyl (C=O) groups excluding carboxylic acids is 2. The highest BCUT2D eigenvalue weighted by Gasteiger charge is 2.23. The monoisotopic (exact) mass is 203 g/mol. The van der Waals surface area contributed by atoms with E-state index < -0.39 is 30.2 Å². The summed E-state index contributed by atoms with van der Waals surface area (Å²) in [6.45, 7) is 1.42. The van der Waals surface area contributed by atoms with Gasteiger partial charge in [-0.3, -0.25) is 19.3 Å². The van der Waals surface area contributed by atoms with Crippen LogP contribution < -0.4 is 0 Å². The van der Waals surface area contributed by atoms with Crippen LogP contribution in [0.1, 0.15) is 13.8 Å². The van der Waals surface area contributed by atoms with Crippen LogP contribution in [-0.4, -0.2) is 34.3 Å². The summed E-state index contributed by atoms with van der Waals surface area (Å²) in [5, 5.41) is 8.35. The maximum atomic E-state index is 12.7. The zero-order valence-corrected chi connectivity index (χ0v) is 7.78. The Balaban J connectivity index is 4.75. The van der Waals surface area contributed by atoms with E-state index in [1.807, 2.05) is 0 Å². The first-order valence-corrected chi connectivity index (χ1v) is 3.76. The summed E-state index contributed by atoms with van der Waals surface area (Å²) < 4.78 is 12.7. The molecule has 0 aromatic heterocycles. The lowest BCUT2D eigenvalue weighted by molar-refractivity contribution is -0.150. The Hall–Kier alpha value is -1.72. The normalized spacial score (nSPS) is 10.9. The van der Waals surface area contributed by atoms with Crippen LogP contribution in [0.2, 0.25) is 0 Å². The van der Waals surface area contributed by atoms with Crippen LogP contribution in [0.25, 0.3) is 0 Å². The van der Waals surface area contributed by atoms with E-state index in [2.05, 4.69) is 0 Å². The van der Waals surface area contributed by atoms with E-state index >= 15 is 0 Å². The zero-order valence-electron chi connectivity index (χ0n) is 7.78. The highest BCUT2D eigenvalue weighted by Crippen LogP contribution is 2.03. The summed E-state index contributed by atoms with van der Waals surface area (Å²) in [6.07, 6.45) is 0.861. The van der Waals surface area contributed by atoms with Gasteiger partial charge < -0.3 is 5.11 Å². The Labute approximate surface area is 79.8 Å². The maximum absolute atomic E-state index is 12.7. The van der Waals surface area contributed by atoms with E-state index in [0.29, 0.717) is 4.90 Å². The quantitative estimate of drug-likeness (QED) is 0.670. The highest BCUT2D eigenvalue weighted by atomic mass is 19.1. The molecule has 5 nitrogen and oxygen atoms in total. The highest BCUT2D eigenvalue weighted by molar-refractivity contribution is 6.04. The van der Waals surface area contributed by atoms with Gasteiger partial charge in [0.1, 0.15) is 6.54 Å². The second kappa shape index (κ2) is 5.11. The third-order valence-electron chi connectivity index (χ3n) is 1.38. The van der Waals surface area contributed by atoms with Gasteiger partial charge in [0.2, 0.25) is 5.91 Å². The molecule has 0 radical (unpaired) electrons. The number of imide groups is 1. The molecule has 0 rings (SSSR count). The molecule has 0 aromatic rings. The lowest BCUT2D eigenvalue weighted by Crippen LogP contribution is -2.39. The number of hydrogen-bond donors (Lipinski definition) is 1. The van der Waals surface area contributed by atoms with Crippen molar-refractivity contribution >= 4 is 17.8 Å². The number of carbonyl (C=O) groups is 3. The van der Waals surface area contributed by atoms with Gasteiger partial charge in [-0.25, -0.2) is 4.39 Å². The summed E-state index contributed by atoms with van der Waals surface area (Å²) in [5.41, 5.74) is 0. The number of carboxylic acids is 1. The molecule has 0 unspecified atom stereocenters. The van der Waals surface area contributed by atoms with Gasteiger partial charge in [-0.2, -0.15) is 0 Å². The van der Waals surface area contributed by atoms with Crippen molar-refractivity contribution in [3.63, 3.8) is 0 Å². The van der Waals surface area contributed by atoms with E-state index in [4.69, 9.17) is 5.11 Å². The lowest BCUT2D eigenvalue weighted by atomic mass is 10.4. The molecule has 6 heteroatoms. The first-order valence-electron chi connectivity index (χ1n) is 3.76. The van der Waals surface area contributed by atoms with Crippen LogP contribution in [0.15, 0.2) is 11.9 Å². The van der Waals surface area contributed by atoms with Gasteiger partial charge in [0.25, 0.3) is 5.91 Å². The third-order valence-corrected chi connectivity index (χ3v) is 1.38. The standard InChI is InChI=1S/C8H10FNO4/c1-3-6(9)8(14)10(5(2)11)4-7(12)13/h3H,4H2,1-2H3,(H,12,13)/b6-3+. The Morgan fingerprint density at radius 1 is 1.43 bits per heavy atom. The molecule has 0 bridgehead atoms. The van der Waals surface area contributed by atoms with Crippen LogP contribution in [0.4, 0.5) is 4.39 Å². The smallest absolute Gasteiger partial charge is 0.323 e. The average molecular weight is 203 g/mol. The minimum atomic E-state index is -1.38. The number of aliphatic carboxylic acids is 1. The Bertz CT molecular complexity index is 298. The number of rotatable bonds is 3. The van der Waals surface area contributed by atoms with Crippen LogP contribution in [0.3, 0.4) is 0 Å². The molecule has 0 saturated heterocycles. The number of hydrogen-bond acceptors (Lipinski definition) is 3. The van der Waals surface area contributed by atoms with Gasteiger partial charge in [0.15, 0.2) is 5.83 Å². The van der Waals surface area contributed by atoms with E-state index in [9.17, 15) is 18.8 Å². The Morgan fingerprint density at radius 2 is 1.93 bits per heavy atom. The molecule has 2 amide bonds. The van der Waals surface area contributed by atoms with Gasteiger partial charge in [0.05, 0.1) is 0 Å². The van der Waals surface area contributed by atoms with E-state index in [0.717, 1.165) is 13.0 Å². The number of carboxylic acid groups (broad SMARTS) is 1. The Morgan fingerprint density at radius 3 is 2.21 bits per heavy atom. The fraction of sp³-hybridized carbons (Fsp3) is 0.375. The van der Waals surface area contributed by atoms with E-state index in [1.54, 1.807) is 0 Å². The number of allylic oxidation sites excluding steroid dienone is 1. The van der Waals surface area contributed by atoms with Crippen molar-refractivity contribution in [2.75, 3.05) is 6.54 Å². The van der Waals surface area contributed by atoms with Crippen molar-refractivity contribution < 1.29 is 23.9 Å². The zero-order chi connectivity index (χ0) is 11.3. The minimum Gasteiger partial charge on any atom is -0.480 e. The molecule has 78 valence electrons. The van der Waals surface area contributed by atoms with Gasteiger partial charge in [-0.1, -0.05) is 0 Å². The Kier molecular flexibility index (Phi) is 4.48. The summed E-state index contributed by atoms with van der Waals surface area (Å²) in [4.78, 5) is 32.4. The fourth-order valence-electron chi connectivity index (χ4n) is 0.714. The molecule has 0 aliphatic heterocycles. The molecule has 1 N–H and O–H groups in total. The van der Waals surface area contributed by atoms with Crippen LogP contribution in [0, 0.1) is 0 Å². The van der Waals surface area contributed by atoms with Gasteiger partial charge in [-0.15, -0.1) is 0 Å². The van der Waals surface area contributed by atoms with Crippen molar-refractivity contribution in [2.45, 2.75) is 13.8 Å². The van der Waals surface area contributed by atoms with Crippen molar-refractivity contribution in [3.05, 3.63) is 11.9 Å². The molecular formula is C8H10FNO4. The number of nitrogens with zero attached hydrogens (tertiary/aromatic N) is 1. The average Bonchev–Trinajstić information content (AvgIpc) is 2.11. The molecule has 0 aromatic carbocycles. The number of halogens is 1. The first kappa shape index (κ1) is 12.3. The second-order valence-electron chi connectivity index (χ2n) is 2.44. The van der Waals surface area contributed by atoms with Gasteiger partial charge in [0, 0.05) is 6.92 Å². The largest absolute Gasteiger partial charge is 0.480 e. The molecule has 0 heterocycles. The van der Waals surface area contributed by atoms with Crippen molar-refractivity contribution in [3.8, 4) is 0 Å². The molecule has 14 heavy (non-hydrogen) atoms. The minimum absolute atomic E-state index is 0.317. The summed E-state index contributed by atoms with van der Waals surface area (Å²) in [5.74, 6) is -4.57. The van der Waals surface area contributed by atoms with Crippen molar-refractivity contribution in [1.29, 1.82) is 0 Å². The van der Waals surface area contributed by atoms with E-state index in [1.165, 1.54) is 6.92 Å². The van der Waals surface area contributed by atoms with Crippen molar-refractivity contribution in [2.24, 2.45) is 0 Å². The lowest BCUT2D eigenvalue weighted by Gasteiger charge is -2.14. The maximum Gasteiger partial charge on any atom is 0.323 e. The first-order chi connectivity index (χ1) is 6.40. The topological polar surface area (TPSA) is 74.7 Å². The van der Waals surface area contributed by atoms with E-state index in [-0.39, 0.29) is 0 Å². The number of amides is 2. The van der Waals surface area contributed by atoms with Crippen LogP contribution in [-0.2, 0) is 14.4 Å². The van der Waals surface area contributed by atoms with Crippen molar-refractivity contribution in [1.82, 2.24) is 4.90 Å². The molecule has 0 spiro atoms. The molecule has 0 aliphatic rings. The molecule has 0 saturated carbocycles. The van der Waals surface area contributed by atoms with Crippen LogP contribution >= 0.6 is 0 Å². The molecule has 0 fully saturated rings. The van der Waals surface area contributed by atoms with Gasteiger partial charge >= 0.3 is 5.97 Å². The fourth-order valence-corrected chi connectivity index (χ4v) is 0.714.